The number of hydrogen-bond donors (Lipinski definition) is 3. The van der Waals surface area contributed by atoms with Gasteiger partial charge in [0.2, 0.25) is 0 Å². The second kappa shape index (κ2) is 9.40. The van der Waals surface area contributed by atoms with Crippen LogP contribution in [0.4, 0.5) is 17.2 Å². The normalized spacial score (nSPS) is 16.1. The van der Waals surface area contributed by atoms with Crippen LogP contribution < -0.4 is 15.1 Å². The highest BCUT2D eigenvalue weighted by Gasteiger charge is 2.30. The number of nitrogens with zero attached hydrogens (tertiary/aromatic N) is 5. The average Bonchev–Trinajstić information content (AvgIpc) is 3.25. The molecule has 1 aliphatic heterocycles. The van der Waals surface area contributed by atoms with Gasteiger partial charge in [-0.15, -0.1) is 0 Å². The molecule has 1 amide bonds. The van der Waals surface area contributed by atoms with E-state index in [0.717, 1.165) is 28.1 Å². The Morgan fingerprint density at radius 2 is 2.03 bits per heavy atom. The number of amides is 1. The molecule has 2 aromatic carbocycles. The van der Waals surface area contributed by atoms with Crippen molar-refractivity contribution in [2.24, 2.45) is 0 Å². The predicted octanol–water partition coefficient (Wildman–Crippen LogP) is 3.36. The van der Waals surface area contributed by atoms with E-state index in [2.05, 4.69) is 51.2 Å². The maximum absolute atomic E-state index is 12.9. The largest absolute Gasteiger partial charge is 0.394 e. The molecule has 0 aliphatic carbocycles. The van der Waals surface area contributed by atoms with Gasteiger partial charge < -0.3 is 20.2 Å². The zero-order valence-electron chi connectivity index (χ0n) is 18.6. The molecule has 9 nitrogen and oxygen atoms in total. The molecule has 1 saturated heterocycles. The zero-order valence-corrected chi connectivity index (χ0v) is 20.2. The van der Waals surface area contributed by atoms with Crippen molar-refractivity contribution < 1.29 is 9.90 Å². The number of aliphatic hydroxyl groups is 1. The number of H-pyrrole nitrogens is 1. The fourth-order valence-electron chi connectivity index (χ4n) is 4.35. The number of carbonyl (C=O) groups excluding carboxylic acids is 1. The molecule has 34 heavy (non-hydrogen) atoms. The van der Waals surface area contributed by atoms with E-state index >= 15 is 0 Å². The summed E-state index contributed by atoms with van der Waals surface area (Å²) in [5, 5.41) is 21.1. The fraction of sp³-hybridized carbons (Fsp3) is 0.250. The number of fused-ring (bicyclic) bond motifs is 1. The molecule has 0 bridgehead atoms. The van der Waals surface area contributed by atoms with Gasteiger partial charge >= 0.3 is 0 Å². The minimum atomic E-state index is -0.171. The van der Waals surface area contributed by atoms with Gasteiger partial charge in [-0.2, -0.15) is 5.10 Å². The van der Waals surface area contributed by atoms with Crippen LogP contribution >= 0.6 is 15.9 Å². The molecule has 1 aliphatic rings. The number of aromatic nitrogens is 4. The lowest BCUT2D eigenvalue weighted by atomic mass is 10.0. The molecule has 10 heteroatoms. The van der Waals surface area contributed by atoms with Crippen LogP contribution in [-0.4, -0.2) is 63.5 Å². The first kappa shape index (κ1) is 22.3. The third-order valence-corrected chi connectivity index (χ3v) is 6.67. The molecule has 0 spiro atoms. The molecule has 3 heterocycles. The Bertz CT molecular complexity index is 1330. The number of para-hydroxylation sites is 1. The molecule has 0 saturated carbocycles. The molecular weight excluding hydrogens is 498 g/mol. The number of aliphatic hydroxyl groups excluding tert-OH is 1. The van der Waals surface area contributed by atoms with Crippen molar-refractivity contribution in [1.82, 2.24) is 20.2 Å². The summed E-state index contributed by atoms with van der Waals surface area (Å²) in [6.45, 7) is 3.92. The summed E-state index contributed by atoms with van der Waals surface area (Å²) in [7, 11) is 0. The maximum atomic E-state index is 12.9. The SMILES string of the molecule is Cc1ccc(C(=O)Nc2ccccc2)cc1N1CCN(c2ncnc3[nH]nc(Br)c23)C[C@@H]1CO. The summed E-state index contributed by atoms with van der Waals surface area (Å²) in [6, 6.07) is 14.9. The van der Waals surface area contributed by atoms with Crippen LogP contribution in [0.15, 0.2) is 59.5 Å². The highest BCUT2D eigenvalue weighted by molar-refractivity contribution is 9.10. The lowest BCUT2D eigenvalue weighted by molar-refractivity contribution is 0.102. The van der Waals surface area contributed by atoms with Crippen molar-refractivity contribution in [1.29, 1.82) is 0 Å². The van der Waals surface area contributed by atoms with Gasteiger partial charge in [-0.3, -0.25) is 9.89 Å². The molecule has 5 rings (SSSR count). The summed E-state index contributed by atoms with van der Waals surface area (Å²) >= 11 is 3.47. The topological polar surface area (TPSA) is 110 Å². The summed E-state index contributed by atoms with van der Waals surface area (Å²) < 4.78 is 0.661. The van der Waals surface area contributed by atoms with Gasteiger partial charge in [0.25, 0.3) is 5.91 Å². The Morgan fingerprint density at radius 3 is 2.82 bits per heavy atom. The van der Waals surface area contributed by atoms with Crippen LogP contribution in [0.25, 0.3) is 11.0 Å². The van der Waals surface area contributed by atoms with Gasteiger partial charge in [-0.1, -0.05) is 24.3 Å². The number of halogens is 1. The number of benzene rings is 2. The van der Waals surface area contributed by atoms with Gasteiger partial charge in [0.05, 0.1) is 18.0 Å². The molecule has 1 fully saturated rings. The Labute approximate surface area is 205 Å². The molecule has 0 radical (unpaired) electrons. The molecule has 4 aromatic rings. The molecule has 0 unspecified atom stereocenters. The third-order valence-electron chi connectivity index (χ3n) is 6.10. The molecular formula is C24H24BrN7O2. The lowest BCUT2D eigenvalue weighted by Gasteiger charge is -2.43. The fourth-order valence-corrected chi connectivity index (χ4v) is 4.81. The zero-order chi connectivity index (χ0) is 23.7. The number of aromatic amines is 1. The highest BCUT2D eigenvalue weighted by atomic mass is 79.9. The number of carbonyl (C=O) groups is 1. The van der Waals surface area contributed by atoms with Crippen molar-refractivity contribution >= 4 is 50.1 Å². The minimum absolute atomic E-state index is 0.0306. The smallest absolute Gasteiger partial charge is 0.255 e. The second-order valence-electron chi connectivity index (χ2n) is 8.23. The molecule has 1 atom stereocenters. The van der Waals surface area contributed by atoms with Gasteiger partial charge in [0, 0.05) is 36.6 Å². The summed E-state index contributed by atoms with van der Waals surface area (Å²) in [5.41, 5.74) is 3.97. The van der Waals surface area contributed by atoms with E-state index in [9.17, 15) is 9.90 Å². The van der Waals surface area contributed by atoms with Crippen LogP contribution in [-0.2, 0) is 0 Å². The Balaban J connectivity index is 1.39. The summed E-state index contributed by atoms with van der Waals surface area (Å²) in [4.78, 5) is 25.9. The van der Waals surface area contributed by atoms with E-state index in [0.29, 0.717) is 35.4 Å². The van der Waals surface area contributed by atoms with Crippen molar-refractivity contribution in [3.63, 3.8) is 0 Å². The second-order valence-corrected chi connectivity index (χ2v) is 8.98. The van der Waals surface area contributed by atoms with Gasteiger partial charge in [0.15, 0.2) is 5.65 Å². The van der Waals surface area contributed by atoms with E-state index in [1.807, 2.05) is 55.5 Å². The van der Waals surface area contributed by atoms with E-state index < -0.39 is 0 Å². The number of nitrogens with one attached hydrogen (secondary N) is 2. The number of anilines is 3. The monoisotopic (exact) mass is 521 g/mol. The van der Waals surface area contributed by atoms with E-state index in [1.165, 1.54) is 6.33 Å². The third kappa shape index (κ3) is 4.22. The van der Waals surface area contributed by atoms with Crippen LogP contribution in [0.1, 0.15) is 15.9 Å². The summed E-state index contributed by atoms with van der Waals surface area (Å²) in [6.07, 6.45) is 1.52. The quantitative estimate of drug-likeness (QED) is 0.369. The molecule has 174 valence electrons. The van der Waals surface area contributed by atoms with Gasteiger partial charge in [-0.25, -0.2) is 9.97 Å². The van der Waals surface area contributed by atoms with Gasteiger partial charge in [-0.05, 0) is 52.7 Å². The van der Waals surface area contributed by atoms with Crippen LogP contribution in [0.3, 0.4) is 0 Å². The van der Waals surface area contributed by atoms with E-state index in [4.69, 9.17) is 0 Å². The van der Waals surface area contributed by atoms with E-state index in [-0.39, 0.29) is 18.6 Å². The number of aryl methyl sites for hydroxylation is 1. The Kier molecular flexibility index (Phi) is 6.16. The first-order valence-electron chi connectivity index (χ1n) is 11.0. The lowest BCUT2D eigenvalue weighted by Crippen LogP contribution is -2.55. The summed E-state index contributed by atoms with van der Waals surface area (Å²) in [5.74, 6) is 0.608. The first-order valence-corrected chi connectivity index (χ1v) is 11.8. The standard InChI is InChI=1S/C24H24BrN7O2/c1-15-7-8-16(24(34)28-17-5-3-2-4-6-17)11-19(15)32-10-9-31(12-18(32)13-33)23-20-21(25)29-30-22(20)26-14-27-23/h2-8,11,14,18,33H,9-10,12-13H2,1H3,(H,28,34)(H,26,27,29,30)/t18-/m1/s1. The first-order chi connectivity index (χ1) is 16.5. The highest BCUT2D eigenvalue weighted by Crippen LogP contribution is 2.32. The van der Waals surface area contributed by atoms with Crippen molar-refractivity contribution in [2.75, 3.05) is 41.4 Å². The van der Waals surface area contributed by atoms with Crippen LogP contribution in [0.2, 0.25) is 0 Å². The number of hydrogen-bond acceptors (Lipinski definition) is 7. The Hall–Kier alpha value is -3.50. The molecule has 3 N–H and O–H groups in total. The minimum Gasteiger partial charge on any atom is -0.394 e. The predicted molar refractivity (Wildman–Crippen MR) is 135 cm³/mol. The van der Waals surface area contributed by atoms with Crippen molar-refractivity contribution in [3.8, 4) is 0 Å². The number of rotatable bonds is 5. The van der Waals surface area contributed by atoms with Crippen molar-refractivity contribution in [3.05, 3.63) is 70.6 Å². The Morgan fingerprint density at radius 1 is 1.21 bits per heavy atom. The maximum Gasteiger partial charge on any atom is 0.255 e. The van der Waals surface area contributed by atoms with Crippen molar-refractivity contribution in [2.45, 2.75) is 13.0 Å². The van der Waals surface area contributed by atoms with E-state index in [1.54, 1.807) is 0 Å². The number of piperazine rings is 1. The average molecular weight is 522 g/mol. The van der Waals surface area contributed by atoms with Gasteiger partial charge in [0.1, 0.15) is 16.7 Å². The van der Waals surface area contributed by atoms with Crippen LogP contribution in [0, 0.1) is 6.92 Å². The van der Waals surface area contributed by atoms with Crippen LogP contribution in [0.5, 0.6) is 0 Å². The molecule has 2 aromatic heterocycles.